The van der Waals surface area contributed by atoms with Crippen molar-refractivity contribution in [1.82, 2.24) is 9.97 Å². The SMILES string of the molecule is Cc1c[nH]c(Cc2ccccc2C)n1. The smallest absolute Gasteiger partial charge is 0.110 e. The molecular formula is C12H14N2. The Bertz CT molecular complexity index is 429. The predicted octanol–water partition coefficient (Wildman–Crippen LogP) is 2.62. The second kappa shape index (κ2) is 3.66. The minimum atomic E-state index is 0.889. The Morgan fingerprint density at radius 1 is 1.21 bits per heavy atom. The average Bonchev–Trinajstić information content (AvgIpc) is 2.56. The van der Waals surface area contributed by atoms with Gasteiger partial charge in [0.15, 0.2) is 0 Å². The quantitative estimate of drug-likeness (QED) is 0.767. The van der Waals surface area contributed by atoms with E-state index >= 15 is 0 Å². The standard InChI is InChI=1S/C12H14N2/c1-9-5-3-4-6-11(9)7-12-13-8-10(2)14-12/h3-6,8H,7H2,1-2H3,(H,13,14). The fourth-order valence-corrected chi connectivity index (χ4v) is 1.54. The van der Waals surface area contributed by atoms with Crippen LogP contribution in [-0.2, 0) is 6.42 Å². The van der Waals surface area contributed by atoms with E-state index in [0.29, 0.717) is 0 Å². The van der Waals surface area contributed by atoms with E-state index in [1.807, 2.05) is 13.1 Å². The van der Waals surface area contributed by atoms with Gasteiger partial charge in [-0.15, -0.1) is 0 Å². The molecule has 14 heavy (non-hydrogen) atoms. The number of aromatic nitrogens is 2. The molecule has 2 nitrogen and oxygen atoms in total. The fourth-order valence-electron chi connectivity index (χ4n) is 1.54. The lowest BCUT2D eigenvalue weighted by Crippen LogP contribution is -1.93. The Labute approximate surface area is 84.0 Å². The maximum atomic E-state index is 4.39. The number of aryl methyl sites for hydroxylation is 2. The molecule has 0 aliphatic carbocycles. The van der Waals surface area contributed by atoms with Gasteiger partial charge in [0, 0.05) is 12.6 Å². The van der Waals surface area contributed by atoms with Crippen molar-refractivity contribution in [3.8, 4) is 0 Å². The third-order valence-corrected chi connectivity index (χ3v) is 2.38. The number of benzene rings is 1. The Morgan fingerprint density at radius 2 is 2.00 bits per heavy atom. The van der Waals surface area contributed by atoms with Crippen LogP contribution in [0.15, 0.2) is 30.5 Å². The van der Waals surface area contributed by atoms with Crippen LogP contribution in [0.3, 0.4) is 0 Å². The number of nitrogens with one attached hydrogen (secondary N) is 1. The second-order valence-corrected chi connectivity index (χ2v) is 3.59. The predicted molar refractivity (Wildman–Crippen MR) is 57.3 cm³/mol. The Hall–Kier alpha value is -1.57. The summed E-state index contributed by atoms with van der Waals surface area (Å²) < 4.78 is 0. The molecule has 0 amide bonds. The molecule has 0 fully saturated rings. The number of hydrogen-bond donors (Lipinski definition) is 1. The topological polar surface area (TPSA) is 28.7 Å². The molecule has 2 heteroatoms. The summed E-state index contributed by atoms with van der Waals surface area (Å²) in [6.45, 7) is 4.13. The van der Waals surface area contributed by atoms with E-state index in [9.17, 15) is 0 Å². The summed E-state index contributed by atoms with van der Waals surface area (Å²) in [6, 6.07) is 8.41. The van der Waals surface area contributed by atoms with Crippen LogP contribution in [0, 0.1) is 13.8 Å². The number of aromatic amines is 1. The summed E-state index contributed by atoms with van der Waals surface area (Å²) in [5, 5.41) is 0. The van der Waals surface area contributed by atoms with Crippen LogP contribution in [-0.4, -0.2) is 9.97 Å². The molecule has 2 rings (SSSR count). The summed E-state index contributed by atoms with van der Waals surface area (Å²) in [6.07, 6.45) is 2.83. The lowest BCUT2D eigenvalue weighted by molar-refractivity contribution is 1.01. The molecule has 0 unspecified atom stereocenters. The van der Waals surface area contributed by atoms with Crippen LogP contribution in [0.25, 0.3) is 0 Å². The largest absolute Gasteiger partial charge is 0.348 e. The highest BCUT2D eigenvalue weighted by Gasteiger charge is 2.01. The Balaban J connectivity index is 2.23. The first-order valence-electron chi connectivity index (χ1n) is 4.81. The zero-order valence-corrected chi connectivity index (χ0v) is 8.54. The number of imidazole rings is 1. The molecule has 1 aromatic heterocycles. The van der Waals surface area contributed by atoms with Gasteiger partial charge in [-0.05, 0) is 25.0 Å². The van der Waals surface area contributed by atoms with Crippen LogP contribution < -0.4 is 0 Å². The molecule has 0 spiro atoms. The van der Waals surface area contributed by atoms with E-state index < -0.39 is 0 Å². The number of H-pyrrole nitrogens is 1. The molecule has 0 saturated heterocycles. The van der Waals surface area contributed by atoms with Gasteiger partial charge in [-0.2, -0.15) is 0 Å². The molecule has 0 aliphatic rings. The van der Waals surface area contributed by atoms with Gasteiger partial charge in [-0.3, -0.25) is 0 Å². The Morgan fingerprint density at radius 3 is 2.64 bits per heavy atom. The minimum absolute atomic E-state index is 0.889. The third kappa shape index (κ3) is 1.84. The summed E-state index contributed by atoms with van der Waals surface area (Å²) in [4.78, 5) is 7.56. The van der Waals surface area contributed by atoms with Gasteiger partial charge in [0.25, 0.3) is 0 Å². The zero-order chi connectivity index (χ0) is 9.97. The number of rotatable bonds is 2. The van der Waals surface area contributed by atoms with Crippen molar-refractivity contribution < 1.29 is 0 Å². The normalized spacial score (nSPS) is 10.4. The molecule has 0 saturated carbocycles. The van der Waals surface area contributed by atoms with Gasteiger partial charge in [-0.1, -0.05) is 24.3 Å². The molecule has 0 radical (unpaired) electrons. The molecule has 1 aromatic carbocycles. The van der Waals surface area contributed by atoms with Crippen LogP contribution >= 0.6 is 0 Å². The van der Waals surface area contributed by atoms with Crippen LogP contribution in [0.4, 0.5) is 0 Å². The van der Waals surface area contributed by atoms with E-state index in [4.69, 9.17) is 0 Å². The molecular weight excluding hydrogens is 172 g/mol. The monoisotopic (exact) mass is 186 g/mol. The number of nitrogens with zero attached hydrogens (tertiary/aromatic N) is 1. The van der Waals surface area contributed by atoms with Gasteiger partial charge in [0.05, 0.1) is 5.69 Å². The van der Waals surface area contributed by atoms with E-state index in [2.05, 4.69) is 41.2 Å². The highest BCUT2D eigenvalue weighted by atomic mass is 14.9. The fraction of sp³-hybridized carbons (Fsp3) is 0.250. The van der Waals surface area contributed by atoms with Gasteiger partial charge in [0.1, 0.15) is 5.82 Å². The number of hydrogen-bond acceptors (Lipinski definition) is 1. The Kier molecular flexibility index (Phi) is 2.35. The molecule has 1 N–H and O–H groups in total. The van der Waals surface area contributed by atoms with Crippen molar-refractivity contribution in [2.75, 3.05) is 0 Å². The van der Waals surface area contributed by atoms with Crippen molar-refractivity contribution in [3.05, 3.63) is 53.1 Å². The van der Waals surface area contributed by atoms with Crippen molar-refractivity contribution in [3.63, 3.8) is 0 Å². The zero-order valence-electron chi connectivity index (χ0n) is 8.54. The van der Waals surface area contributed by atoms with Gasteiger partial charge >= 0.3 is 0 Å². The van der Waals surface area contributed by atoms with E-state index in [-0.39, 0.29) is 0 Å². The van der Waals surface area contributed by atoms with Crippen molar-refractivity contribution in [2.24, 2.45) is 0 Å². The van der Waals surface area contributed by atoms with Crippen molar-refractivity contribution >= 4 is 0 Å². The first kappa shape index (κ1) is 9.00. The van der Waals surface area contributed by atoms with E-state index in [1.54, 1.807) is 0 Å². The summed E-state index contributed by atoms with van der Waals surface area (Å²) in [7, 11) is 0. The summed E-state index contributed by atoms with van der Waals surface area (Å²) in [5.41, 5.74) is 3.71. The van der Waals surface area contributed by atoms with Crippen molar-refractivity contribution in [2.45, 2.75) is 20.3 Å². The lowest BCUT2D eigenvalue weighted by atomic mass is 10.1. The third-order valence-electron chi connectivity index (χ3n) is 2.38. The minimum Gasteiger partial charge on any atom is -0.348 e. The molecule has 1 heterocycles. The van der Waals surface area contributed by atoms with E-state index in [1.165, 1.54) is 11.1 Å². The molecule has 0 atom stereocenters. The maximum Gasteiger partial charge on any atom is 0.110 e. The first-order chi connectivity index (χ1) is 6.75. The van der Waals surface area contributed by atoms with Crippen molar-refractivity contribution in [1.29, 1.82) is 0 Å². The second-order valence-electron chi connectivity index (χ2n) is 3.59. The highest BCUT2D eigenvalue weighted by Crippen LogP contribution is 2.11. The summed E-state index contributed by atoms with van der Waals surface area (Å²) >= 11 is 0. The molecule has 2 aromatic rings. The summed E-state index contributed by atoms with van der Waals surface area (Å²) in [5.74, 6) is 1.04. The average molecular weight is 186 g/mol. The maximum absolute atomic E-state index is 4.39. The van der Waals surface area contributed by atoms with Gasteiger partial charge < -0.3 is 4.98 Å². The van der Waals surface area contributed by atoms with Crippen LogP contribution in [0.1, 0.15) is 22.6 Å². The van der Waals surface area contributed by atoms with Crippen LogP contribution in [0.5, 0.6) is 0 Å². The van der Waals surface area contributed by atoms with Crippen LogP contribution in [0.2, 0.25) is 0 Å². The lowest BCUT2D eigenvalue weighted by Gasteiger charge is -2.02. The van der Waals surface area contributed by atoms with Gasteiger partial charge in [0.2, 0.25) is 0 Å². The molecule has 72 valence electrons. The van der Waals surface area contributed by atoms with Gasteiger partial charge in [-0.25, -0.2) is 4.98 Å². The first-order valence-corrected chi connectivity index (χ1v) is 4.81. The molecule has 0 aliphatic heterocycles. The molecule has 0 bridgehead atoms. The highest BCUT2D eigenvalue weighted by molar-refractivity contribution is 5.28. The van der Waals surface area contributed by atoms with E-state index in [0.717, 1.165) is 17.9 Å².